The fraction of sp³-hybridized carbons (Fsp3) is 0.500. The number of carbonyl (C=O) groups excluding carboxylic acids is 1. The number of thioether (sulfide) groups is 1. The van der Waals surface area contributed by atoms with Gasteiger partial charge in [0.2, 0.25) is 5.91 Å². The monoisotopic (exact) mass is 511 g/mol. The van der Waals surface area contributed by atoms with Gasteiger partial charge in [-0.05, 0) is 43.9 Å². The fourth-order valence-corrected chi connectivity index (χ4v) is 6.32. The molecule has 4 heterocycles. The second-order valence-corrected chi connectivity index (χ2v) is 11.0. The zero-order chi connectivity index (χ0) is 24.6. The number of carbonyl (C=O) groups is 1. The van der Waals surface area contributed by atoms with Gasteiger partial charge in [0.15, 0.2) is 0 Å². The number of fused-ring (bicyclic) bond motifs is 1. The maximum absolute atomic E-state index is 15.1. The maximum Gasteiger partial charge on any atom is 0.225 e. The molecule has 0 radical (unpaired) electrons. The average Bonchev–Trinajstić information content (AvgIpc) is 3.52. The summed E-state index contributed by atoms with van der Waals surface area (Å²) in [5.74, 6) is 2.79. The molecule has 1 saturated carbocycles. The molecule has 2 saturated heterocycles. The summed E-state index contributed by atoms with van der Waals surface area (Å²) in [6, 6.07) is 4.86. The Balaban J connectivity index is 1.27. The van der Waals surface area contributed by atoms with Gasteiger partial charge in [-0.1, -0.05) is 0 Å². The van der Waals surface area contributed by atoms with Crippen molar-refractivity contribution in [1.82, 2.24) is 19.4 Å². The standard InChI is InChI=1S/C26H30FN5O3S/c27-22-4-3-18(35-14-19-2-1-7-34-19)12-20(22)21-13-32(25-23(21)24(28)29-15-30-25)17-10-16(11-17)26(33)31-5-8-36-9-6-31/h3-4,12-13,15-17,19H,1-2,5-11,14H2,(H2,28,29,30)/t16?,17?,19-/m1/s1. The van der Waals surface area contributed by atoms with Gasteiger partial charge in [0.1, 0.15) is 36.0 Å². The summed E-state index contributed by atoms with van der Waals surface area (Å²) < 4.78 is 28.7. The van der Waals surface area contributed by atoms with Crippen molar-refractivity contribution in [3.05, 3.63) is 36.5 Å². The summed E-state index contributed by atoms with van der Waals surface area (Å²) in [6.07, 6.45) is 6.89. The van der Waals surface area contributed by atoms with E-state index in [1.807, 2.05) is 27.4 Å². The van der Waals surface area contributed by atoms with Gasteiger partial charge in [-0.25, -0.2) is 14.4 Å². The Kier molecular flexibility index (Phi) is 6.47. The number of benzene rings is 1. The first-order chi connectivity index (χ1) is 17.6. The van der Waals surface area contributed by atoms with Crippen molar-refractivity contribution in [3.63, 3.8) is 0 Å². The highest BCUT2D eigenvalue weighted by Crippen LogP contribution is 2.44. The van der Waals surface area contributed by atoms with Crippen LogP contribution in [-0.4, -0.2) is 69.3 Å². The van der Waals surface area contributed by atoms with Crippen LogP contribution in [0.1, 0.15) is 31.7 Å². The maximum atomic E-state index is 15.1. The van der Waals surface area contributed by atoms with E-state index in [9.17, 15) is 4.79 Å². The van der Waals surface area contributed by atoms with Crippen LogP contribution in [-0.2, 0) is 9.53 Å². The van der Waals surface area contributed by atoms with Crippen LogP contribution < -0.4 is 10.5 Å². The Morgan fingerprint density at radius 3 is 2.83 bits per heavy atom. The van der Waals surface area contributed by atoms with E-state index in [2.05, 4.69) is 9.97 Å². The van der Waals surface area contributed by atoms with Crippen LogP contribution in [0.2, 0.25) is 0 Å². The van der Waals surface area contributed by atoms with E-state index in [1.54, 1.807) is 12.1 Å². The van der Waals surface area contributed by atoms with E-state index in [4.69, 9.17) is 15.2 Å². The predicted molar refractivity (Wildman–Crippen MR) is 137 cm³/mol. The van der Waals surface area contributed by atoms with Crippen molar-refractivity contribution in [2.45, 2.75) is 37.8 Å². The molecule has 2 aliphatic heterocycles. The third-order valence-corrected chi connectivity index (χ3v) is 8.45. The number of anilines is 1. The molecule has 1 atom stereocenters. The summed E-state index contributed by atoms with van der Waals surface area (Å²) in [5, 5.41) is 0.621. The van der Waals surface area contributed by atoms with Crippen LogP contribution in [0.5, 0.6) is 5.75 Å². The molecule has 3 aliphatic rings. The summed E-state index contributed by atoms with van der Waals surface area (Å²) >= 11 is 1.90. The SMILES string of the molecule is Nc1ncnc2c1c(-c1cc(OC[C@H]3CCCO3)ccc1F)cn2C1CC(C(=O)N2CCSCC2)C1. The van der Waals surface area contributed by atoms with Crippen LogP contribution in [0.3, 0.4) is 0 Å². The number of hydrogen-bond acceptors (Lipinski definition) is 7. The molecule has 10 heteroatoms. The first-order valence-electron chi connectivity index (χ1n) is 12.6. The van der Waals surface area contributed by atoms with Gasteiger partial charge in [-0.15, -0.1) is 0 Å². The number of nitrogens with two attached hydrogens (primary N) is 1. The highest BCUT2D eigenvalue weighted by atomic mass is 32.2. The van der Waals surface area contributed by atoms with Gasteiger partial charge >= 0.3 is 0 Å². The molecule has 3 fully saturated rings. The zero-order valence-corrected chi connectivity index (χ0v) is 20.9. The number of nitrogen functional groups attached to an aromatic ring is 1. The zero-order valence-electron chi connectivity index (χ0n) is 20.1. The number of ether oxygens (including phenoxy) is 2. The molecule has 190 valence electrons. The van der Waals surface area contributed by atoms with Gasteiger partial charge in [0, 0.05) is 60.5 Å². The number of rotatable bonds is 6. The topological polar surface area (TPSA) is 95.5 Å². The van der Waals surface area contributed by atoms with E-state index in [0.717, 1.165) is 56.9 Å². The second kappa shape index (κ2) is 9.89. The number of aromatic nitrogens is 3. The molecule has 0 spiro atoms. The van der Waals surface area contributed by atoms with Crippen LogP contribution in [0.25, 0.3) is 22.2 Å². The average molecular weight is 512 g/mol. The van der Waals surface area contributed by atoms with E-state index in [-0.39, 0.29) is 29.8 Å². The Hall–Kier alpha value is -2.85. The van der Waals surface area contributed by atoms with Crippen molar-refractivity contribution in [2.75, 3.05) is 43.5 Å². The van der Waals surface area contributed by atoms with E-state index < -0.39 is 0 Å². The molecule has 8 nitrogen and oxygen atoms in total. The predicted octanol–water partition coefficient (Wildman–Crippen LogP) is 3.90. The van der Waals surface area contributed by atoms with Crippen LogP contribution in [0.4, 0.5) is 10.2 Å². The van der Waals surface area contributed by atoms with Crippen molar-refractivity contribution in [1.29, 1.82) is 0 Å². The van der Waals surface area contributed by atoms with Crippen LogP contribution in [0, 0.1) is 11.7 Å². The molecule has 6 rings (SSSR count). The number of hydrogen-bond donors (Lipinski definition) is 1. The van der Waals surface area contributed by atoms with Gasteiger partial charge in [0.05, 0.1) is 11.5 Å². The molecule has 1 aliphatic carbocycles. The normalized spacial score (nSPS) is 24.1. The minimum Gasteiger partial charge on any atom is -0.491 e. The molecular formula is C26H30FN5O3S. The largest absolute Gasteiger partial charge is 0.491 e. The lowest BCUT2D eigenvalue weighted by Gasteiger charge is -2.39. The van der Waals surface area contributed by atoms with Gasteiger partial charge in [0.25, 0.3) is 0 Å². The first-order valence-corrected chi connectivity index (χ1v) is 13.8. The Labute approximate surface area is 213 Å². The lowest BCUT2D eigenvalue weighted by molar-refractivity contribution is -0.139. The lowest BCUT2D eigenvalue weighted by atomic mass is 9.79. The molecule has 2 aromatic heterocycles. The summed E-state index contributed by atoms with van der Waals surface area (Å²) in [4.78, 5) is 23.6. The molecule has 2 N–H and O–H groups in total. The lowest BCUT2D eigenvalue weighted by Crippen LogP contribution is -2.45. The molecule has 1 aromatic carbocycles. The van der Waals surface area contributed by atoms with Crippen molar-refractivity contribution < 1.29 is 18.7 Å². The number of halogens is 1. The first kappa shape index (κ1) is 23.5. The molecule has 36 heavy (non-hydrogen) atoms. The fourth-order valence-electron chi connectivity index (χ4n) is 5.41. The second-order valence-electron chi connectivity index (χ2n) is 9.76. The van der Waals surface area contributed by atoms with Crippen molar-refractivity contribution >= 4 is 34.5 Å². The van der Waals surface area contributed by atoms with Gasteiger partial charge < -0.3 is 24.7 Å². The van der Waals surface area contributed by atoms with Crippen molar-refractivity contribution in [3.8, 4) is 16.9 Å². The number of nitrogens with zero attached hydrogens (tertiary/aromatic N) is 4. The molecule has 0 bridgehead atoms. The Morgan fingerprint density at radius 2 is 2.06 bits per heavy atom. The Bertz CT molecular complexity index is 1270. The summed E-state index contributed by atoms with van der Waals surface area (Å²) in [7, 11) is 0. The Morgan fingerprint density at radius 1 is 1.22 bits per heavy atom. The minimum atomic E-state index is -0.369. The molecular weight excluding hydrogens is 481 g/mol. The molecule has 3 aromatic rings. The summed E-state index contributed by atoms with van der Waals surface area (Å²) in [5.41, 5.74) is 7.95. The van der Waals surface area contributed by atoms with Crippen LogP contribution >= 0.6 is 11.8 Å². The number of amides is 1. The van der Waals surface area contributed by atoms with Crippen LogP contribution in [0.15, 0.2) is 30.7 Å². The van der Waals surface area contributed by atoms with Gasteiger partial charge in [-0.2, -0.15) is 11.8 Å². The smallest absolute Gasteiger partial charge is 0.225 e. The quantitative estimate of drug-likeness (QED) is 0.536. The van der Waals surface area contributed by atoms with E-state index in [1.165, 1.54) is 12.4 Å². The van der Waals surface area contributed by atoms with Crippen molar-refractivity contribution in [2.24, 2.45) is 5.92 Å². The van der Waals surface area contributed by atoms with E-state index in [0.29, 0.717) is 40.3 Å². The highest BCUT2D eigenvalue weighted by molar-refractivity contribution is 7.99. The minimum absolute atomic E-state index is 0.0180. The third kappa shape index (κ3) is 4.41. The van der Waals surface area contributed by atoms with E-state index >= 15 is 4.39 Å². The highest BCUT2D eigenvalue weighted by Gasteiger charge is 2.39. The molecule has 1 amide bonds. The summed E-state index contributed by atoms with van der Waals surface area (Å²) in [6.45, 7) is 2.85. The van der Waals surface area contributed by atoms with Gasteiger partial charge in [-0.3, -0.25) is 4.79 Å². The molecule has 0 unspecified atom stereocenters. The third-order valence-electron chi connectivity index (χ3n) is 7.51.